The van der Waals surface area contributed by atoms with Crippen LogP contribution in [0.5, 0.6) is 0 Å². The second-order valence-corrected chi connectivity index (χ2v) is 15.3. The van der Waals surface area contributed by atoms with Crippen LogP contribution in [0.15, 0.2) is 11.6 Å². The van der Waals surface area contributed by atoms with Gasteiger partial charge in [0.25, 0.3) is 0 Å². The second-order valence-electron chi connectivity index (χ2n) is 15.3. The minimum atomic E-state index is -1.21. The van der Waals surface area contributed by atoms with Crippen molar-refractivity contribution in [1.29, 1.82) is 0 Å². The molecule has 3 heteroatoms. The SMILES string of the molecule is CC1(C)CC[C@]2(C(O)O)CC[C@]3(C)C(=CC[C@@H]4[C@@]5(C)CC[C@H](N)C(C)(C)[C@@H]5CC[C@]43C)[C@@H]2C1. The van der Waals surface area contributed by atoms with Crippen molar-refractivity contribution < 1.29 is 10.2 Å². The van der Waals surface area contributed by atoms with Crippen LogP contribution < -0.4 is 5.73 Å². The van der Waals surface area contributed by atoms with E-state index in [1.807, 2.05) is 0 Å². The highest BCUT2D eigenvalue weighted by molar-refractivity contribution is 5.34. The summed E-state index contributed by atoms with van der Waals surface area (Å²) >= 11 is 0. The van der Waals surface area contributed by atoms with E-state index >= 15 is 0 Å². The number of hydrogen-bond acceptors (Lipinski definition) is 3. The van der Waals surface area contributed by atoms with Crippen LogP contribution >= 0.6 is 0 Å². The summed E-state index contributed by atoms with van der Waals surface area (Å²) in [5, 5.41) is 21.4. The lowest BCUT2D eigenvalue weighted by Crippen LogP contribution is -2.66. The normalized spacial score (nSPS) is 52.8. The minimum Gasteiger partial charge on any atom is -0.368 e. The molecule has 0 radical (unpaired) electrons. The lowest BCUT2D eigenvalue weighted by molar-refractivity contribution is -0.218. The summed E-state index contributed by atoms with van der Waals surface area (Å²) in [6.07, 6.45) is 12.8. The first-order valence-corrected chi connectivity index (χ1v) is 14.0. The molecule has 5 aliphatic rings. The average Bonchev–Trinajstić information content (AvgIpc) is 2.71. The molecule has 5 rings (SSSR count). The van der Waals surface area contributed by atoms with Crippen LogP contribution in [0.2, 0.25) is 0 Å². The Morgan fingerprint density at radius 3 is 2.18 bits per heavy atom. The summed E-state index contributed by atoms with van der Waals surface area (Å²) in [6.45, 7) is 17.5. The van der Waals surface area contributed by atoms with Gasteiger partial charge in [-0.25, -0.2) is 0 Å². The fourth-order valence-electron chi connectivity index (χ4n) is 10.8. The molecule has 0 aromatic rings. The molecule has 4 fully saturated rings. The Morgan fingerprint density at radius 2 is 1.52 bits per heavy atom. The van der Waals surface area contributed by atoms with Gasteiger partial charge in [-0.05, 0) is 109 Å². The summed E-state index contributed by atoms with van der Waals surface area (Å²) in [4.78, 5) is 0. The monoisotopic (exact) mass is 457 g/mol. The molecule has 0 bridgehead atoms. The number of aliphatic hydroxyl groups is 2. The van der Waals surface area contributed by atoms with Crippen molar-refractivity contribution in [2.75, 3.05) is 0 Å². The van der Waals surface area contributed by atoms with Gasteiger partial charge in [-0.2, -0.15) is 0 Å². The molecular weight excluding hydrogens is 406 g/mol. The highest BCUT2D eigenvalue weighted by atomic mass is 16.5. The summed E-state index contributed by atoms with van der Waals surface area (Å²) in [7, 11) is 0. The van der Waals surface area contributed by atoms with Crippen molar-refractivity contribution in [2.24, 2.45) is 56.0 Å². The second kappa shape index (κ2) is 7.10. The molecule has 0 aromatic carbocycles. The molecule has 188 valence electrons. The highest BCUT2D eigenvalue weighted by Gasteiger charge is 2.68. The standard InChI is InChI=1S/C30H51NO2/c1-25(2)14-16-30(24(32)33)17-15-28(6)19(20(30)18-25)8-9-22-27(5)12-11-23(31)26(3,4)21(27)10-13-29(22,28)7/h8,20-24,32-33H,9-18,31H2,1-7H3/t20-,21-,22+,23-,27-,28+,29+,30-/m0/s1. The summed E-state index contributed by atoms with van der Waals surface area (Å²) in [6, 6.07) is 0.316. The Kier molecular flexibility index (Phi) is 5.23. The van der Waals surface area contributed by atoms with Crippen LogP contribution in [-0.2, 0) is 0 Å². The molecule has 0 aromatic heterocycles. The van der Waals surface area contributed by atoms with Crippen LogP contribution in [-0.4, -0.2) is 22.5 Å². The van der Waals surface area contributed by atoms with Crippen molar-refractivity contribution in [2.45, 2.75) is 125 Å². The van der Waals surface area contributed by atoms with Gasteiger partial charge in [0.05, 0.1) is 0 Å². The quantitative estimate of drug-likeness (QED) is 0.314. The third-order valence-corrected chi connectivity index (χ3v) is 13.3. The van der Waals surface area contributed by atoms with Crippen LogP contribution in [0.1, 0.15) is 113 Å². The molecule has 5 aliphatic carbocycles. The number of allylic oxidation sites excluding steroid dienone is 2. The lowest BCUT2D eigenvalue weighted by Gasteiger charge is -2.71. The van der Waals surface area contributed by atoms with E-state index in [1.165, 1.54) is 19.3 Å². The lowest BCUT2D eigenvalue weighted by atomic mass is 9.33. The van der Waals surface area contributed by atoms with Crippen molar-refractivity contribution in [3.05, 3.63) is 11.6 Å². The minimum absolute atomic E-state index is 0.157. The molecule has 8 atom stereocenters. The Labute approximate surface area is 203 Å². The van der Waals surface area contributed by atoms with E-state index in [2.05, 4.69) is 54.5 Å². The third-order valence-electron chi connectivity index (χ3n) is 13.3. The first kappa shape index (κ1) is 24.3. The van der Waals surface area contributed by atoms with E-state index in [9.17, 15) is 10.2 Å². The molecule has 0 aliphatic heterocycles. The van der Waals surface area contributed by atoms with Crippen LogP contribution in [0.3, 0.4) is 0 Å². The Balaban J connectivity index is 1.59. The van der Waals surface area contributed by atoms with Gasteiger partial charge in [0.2, 0.25) is 0 Å². The molecule has 4 N–H and O–H groups in total. The van der Waals surface area contributed by atoms with Crippen molar-refractivity contribution in [3.63, 3.8) is 0 Å². The van der Waals surface area contributed by atoms with Crippen LogP contribution in [0.25, 0.3) is 0 Å². The molecule has 0 unspecified atom stereocenters. The van der Waals surface area contributed by atoms with E-state index in [-0.39, 0.29) is 27.1 Å². The zero-order chi connectivity index (χ0) is 24.2. The largest absolute Gasteiger partial charge is 0.368 e. The predicted octanol–water partition coefficient (Wildman–Crippen LogP) is 6.43. The highest BCUT2D eigenvalue weighted by Crippen LogP contribution is 2.75. The van der Waals surface area contributed by atoms with E-state index in [1.54, 1.807) is 5.57 Å². The van der Waals surface area contributed by atoms with Crippen molar-refractivity contribution in [3.8, 4) is 0 Å². The van der Waals surface area contributed by atoms with E-state index < -0.39 is 6.29 Å². The molecule has 0 amide bonds. The number of aliphatic hydroxyl groups excluding tert-OH is 1. The molecule has 0 saturated heterocycles. The number of hydrogen-bond donors (Lipinski definition) is 3. The summed E-state index contributed by atoms with van der Waals surface area (Å²) in [5.74, 6) is 1.69. The first-order valence-electron chi connectivity index (χ1n) is 14.0. The summed E-state index contributed by atoms with van der Waals surface area (Å²) in [5.41, 5.74) is 9.20. The maximum absolute atomic E-state index is 10.7. The fraction of sp³-hybridized carbons (Fsp3) is 0.933. The van der Waals surface area contributed by atoms with E-state index in [0.29, 0.717) is 29.2 Å². The van der Waals surface area contributed by atoms with Gasteiger partial charge in [-0.1, -0.05) is 60.1 Å². The first-order chi connectivity index (χ1) is 15.1. The van der Waals surface area contributed by atoms with Gasteiger partial charge < -0.3 is 15.9 Å². The van der Waals surface area contributed by atoms with Gasteiger partial charge in [0.15, 0.2) is 6.29 Å². The zero-order valence-electron chi connectivity index (χ0n) is 22.5. The average molecular weight is 458 g/mol. The zero-order valence-corrected chi connectivity index (χ0v) is 22.5. The fourth-order valence-corrected chi connectivity index (χ4v) is 10.8. The molecule has 0 heterocycles. The Morgan fingerprint density at radius 1 is 0.848 bits per heavy atom. The van der Waals surface area contributed by atoms with Crippen LogP contribution in [0.4, 0.5) is 0 Å². The summed E-state index contributed by atoms with van der Waals surface area (Å²) < 4.78 is 0. The van der Waals surface area contributed by atoms with Gasteiger partial charge in [-0.3, -0.25) is 0 Å². The number of nitrogens with two attached hydrogens (primary N) is 1. The maximum Gasteiger partial charge on any atom is 0.157 e. The van der Waals surface area contributed by atoms with Gasteiger partial charge in [-0.15, -0.1) is 0 Å². The Hall–Kier alpha value is -0.380. The number of rotatable bonds is 1. The number of fused-ring (bicyclic) bond motifs is 7. The molecular formula is C30H51NO2. The van der Waals surface area contributed by atoms with E-state index in [0.717, 1.165) is 44.9 Å². The molecule has 33 heavy (non-hydrogen) atoms. The van der Waals surface area contributed by atoms with Gasteiger partial charge in [0.1, 0.15) is 0 Å². The van der Waals surface area contributed by atoms with Gasteiger partial charge in [0, 0.05) is 11.5 Å². The molecule has 4 saturated carbocycles. The smallest absolute Gasteiger partial charge is 0.157 e. The molecule has 0 spiro atoms. The van der Waals surface area contributed by atoms with Crippen molar-refractivity contribution >= 4 is 0 Å². The van der Waals surface area contributed by atoms with E-state index in [4.69, 9.17) is 5.73 Å². The van der Waals surface area contributed by atoms with Crippen molar-refractivity contribution in [1.82, 2.24) is 0 Å². The molecule has 3 nitrogen and oxygen atoms in total. The van der Waals surface area contributed by atoms with Crippen LogP contribution in [0, 0.1) is 50.2 Å². The topological polar surface area (TPSA) is 66.5 Å². The third kappa shape index (κ3) is 2.97. The predicted molar refractivity (Wildman–Crippen MR) is 135 cm³/mol. The Bertz CT molecular complexity index is 844. The van der Waals surface area contributed by atoms with Gasteiger partial charge >= 0.3 is 0 Å². The maximum atomic E-state index is 10.7.